The Bertz CT molecular complexity index is 1160. The maximum absolute atomic E-state index is 13.1. The minimum Gasteiger partial charge on any atom is -0.479 e. The molecule has 6 nitrogen and oxygen atoms in total. The molecule has 7 heteroatoms. The SMILES string of the molecule is O=C(NCC#CCOc1cccc2cccnc12)C1CC(=O)N(c2ccc(F)cc2)C1. The number of hydrogen-bond donors (Lipinski definition) is 1. The molecule has 1 atom stereocenters. The van der Waals surface area contributed by atoms with Crippen LogP contribution in [0.15, 0.2) is 60.8 Å². The molecule has 1 unspecified atom stereocenters. The van der Waals surface area contributed by atoms with E-state index in [0.717, 1.165) is 10.9 Å². The van der Waals surface area contributed by atoms with E-state index in [1.165, 1.54) is 29.2 Å². The van der Waals surface area contributed by atoms with Crippen molar-refractivity contribution < 1.29 is 18.7 Å². The summed E-state index contributed by atoms with van der Waals surface area (Å²) in [6.45, 7) is 0.601. The Morgan fingerprint density at radius 3 is 2.81 bits per heavy atom. The lowest BCUT2D eigenvalue weighted by atomic mass is 10.1. The minimum absolute atomic E-state index is 0.119. The highest BCUT2D eigenvalue weighted by Gasteiger charge is 2.34. The first-order valence-corrected chi connectivity index (χ1v) is 9.88. The molecule has 0 radical (unpaired) electrons. The van der Waals surface area contributed by atoms with Crippen LogP contribution in [0.3, 0.4) is 0 Å². The number of rotatable bonds is 5. The Morgan fingerprint density at radius 2 is 1.97 bits per heavy atom. The van der Waals surface area contributed by atoms with Gasteiger partial charge in [0.1, 0.15) is 23.7 Å². The van der Waals surface area contributed by atoms with E-state index >= 15 is 0 Å². The standard InChI is InChI=1S/C24H20FN3O3/c25-19-8-10-20(11-9-19)28-16-18(15-22(28)29)24(30)27-12-1-2-14-31-21-7-3-5-17-6-4-13-26-23(17)21/h3-11,13,18H,12,14-16H2,(H,27,30). The van der Waals surface area contributed by atoms with Crippen molar-refractivity contribution >= 4 is 28.4 Å². The quantitative estimate of drug-likeness (QED) is 0.648. The number of pyridine rings is 1. The van der Waals surface area contributed by atoms with Crippen molar-refractivity contribution in [3.63, 3.8) is 0 Å². The topological polar surface area (TPSA) is 71.5 Å². The van der Waals surface area contributed by atoms with Gasteiger partial charge in [-0.05, 0) is 36.4 Å². The van der Waals surface area contributed by atoms with Crippen LogP contribution in [0, 0.1) is 23.6 Å². The van der Waals surface area contributed by atoms with E-state index in [9.17, 15) is 14.0 Å². The van der Waals surface area contributed by atoms with E-state index in [-0.39, 0.29) is 43.7 Å². The number of ether oxygens (including phenoxy) is 1. The van der Waals surface area contributed by atoms with Gasteiger partial charge in [-0.1, -0.05) is 30.0 Å². The van der Waals surface area contributed by atoms with Gasteiger partial charge in [0.25, 0.3) is 0 Å². The maximum atomic E-state index is 13.1. The maximum Gasteiger partial charge on any atom is 0.227 e. The second-order valence-corrected chi connectivity index (χ2v) is 7.07. The summed E-state index contributed by atoms with van der Waals surface area (Å²) in [5, 5.41) is 3.72. The van der Waals surface area contributed by atoms with Crippen LogP contribution in [-0.4, -0.2) is 36.5 Å². The third-order valence-electron chi connectivity index (χ3n) is 5.01. The number of fused-ring (bicyclic) bond motifs is 1. The molecule has 1 saturated heterocycles. The van der Waals surface area contributed by atoms with Crippen LogP contribution >= 0.6 is 0 Å². The van der Waals surface area contributed by atoms with Gasteiger partial charge in [-0.3, -0.25) is 14.6 Å². The molecule has 1 aromatic heterocycles. The van der Waals surface area contributed by atoms with E-state index in [2.05, 4.69) is 22.1 Å². The fraction of sp³-hybridized carbons (Fsp3) is 0.208. The molecular weight excluding hydrogens is 397 g/mol. The summed E-state index contributed by atoms with van der Waals surface area (Å²) in [7, 11) is 0. The van der Waals surface area contributed by atoms with Gasteiger partial charge < -0.3 is 15.0 Å². The molecule has 4 rings (SSSR count). The number of halogens is 1. The summed E-state index contributed by atoms with van der Waals surface area (Å²) < 4.78 is 18.8. The van der Waals surface area contributed by atoms with Crippen LogP contribution < -0.4 is 15.0 Å². The summed E-state index contributed by atoms with van der Waals surface area (Å²) in [5.41, 5.74) is 1.36. The first-order valence-electron chi connectivity index (χ1n) is 9.88. The van der Waals surface area contributed by atoms with Gasteiger partial charge in [0, 0.05) is 30.2 Å². The van der Waals surface area contributed by atoms with Gasteiger partial charge in [0.05, 0.1) is 12.5 Å². The molecule has 1 aliphatic heterocycles. The molecule has 1 aliphatic rings. The molecule has 0 saturated carbocycles. The van der Waals surface area contributed by atoms with E-state index in [4.69, 9.17) is 4.74 Å². The number of anilines is 1. The number of hydrogen-bond acceptors (Lipinski definition) is 4. The highest BCUT2D eigenvalue weighted by Crippen LogP contribution is 2.25. The van der Waals surface area contributed by atoms with Crippen LogP contribution in [0.5, 0.6) is 5.75 Å². The third kappa shape index (κ3) is 4.81. The lowest BCUT2D eigenvalue weighted by Gasteiger charge is -2.16. The average molecular weight is 417 g/mol. The van der Waals surface area contributed by atoms with E-state index < -0.39 is 5.92 Å². The highest BCUT2D eigenvalue weighted by atomic mass is 19.1. The number of carbonyl (C=O) groups excluding carboxylic acids is 2. The summed E-state index contributed by atoms with van der Waals surface area (Å²) in [5.74, 6) is 5.15. The van der Waals surface area contributed by atoms with Gasteiger partial charge >= 0.3 is 0 Å². The highest BCUT2D eigenvalue weighted by molar-refractivity contribution is 6.00. The fourth-order valence-corrected chi connectivity index (χ4v) is 3.45. The van der Waals surface area contributed by atoms with E-state index in [0.29, 0.717) is 11.4 Å². The molecule has 0 spiro atoms. The molecule has 0 bridgehead atoms. The molecule has 0 aliphatic carbocycles. The average Bonchev–Trinajstić information content (AvgIpc) is 3.18. The summed E-state index contributed by atoms with van der Waals surface area (Å²) in [4.78, 5) is 30.4. The zero-order valence-electron chi connectivity index (χ0n) is 16.7. The molecular formula is C24H20FN3O3. The largest absolute Gasteiger partial charge is 0.479 e. The van der Waals surface area contributed by atoms with Gasteiger partial charge in [-0.2, -0.15) is 0 Å². The van der Waals surface area contributed by atoms with Gasteiger partial charge in [0.15, 0.2) is 0 Å². The molecule has 2 heterocycles. The summed E-state index contributed by atoms with van der Waals surface area (Å²) in [6.07, 6.45) is 1.83. The predicted octanol–water partition coefficient (Wildman–Crippen LogP) is 2.93. The molecule has 1 N–H and O–H groups in total. The summed E-state index contributed by atoms with van der Waals surface area (Å²) >= 11 is 0. The van der Waals surface area contributed by atoms with Crippen molar-refractivity contribution in [3.8, 4) is 17.6 Å². The van der Waals surface area contributed by atoms with Gasteiger partial charge in [-0.15, -0.1) is 0 Å². The summed E-state index contributed by atoms with van der Waals surface area (Å²) in [6, 6.07) is 15.2. The fourth-order valence-electron chi connectivity index (χ4n) is 3.45. The lowest BCUT2D eigenvalue weighted by Crippen LogP contribution is -2.33. The minimum atomic E-state index is -0.461. The van der Waals surface area contributed by atoms with E-state index in [1.54, 1.807) is 6.20 Å². The lowest BCUT2D eigenvalue weighted by molar-refractivity contribution is -0.126. The second-order valence-electron chi connectivity index (χ2n) is 7.07. The number of benzene rings is 2. The van der Waals surface area contributed by atoms with Crippen LogP contribution in [0.25, 0.3) is 10.9 Å². The predicted molar refractivity (Wildman–Crippen MR) is 115 cm³/mol. The van der Waals surface area contributed by atoms with Crippen LogP contribution in [0.2, 0.25) is 0 Å². The molecule has 2 aromatic carbocycles. The zero-order chi connectivity index (χ0) is 21.6. The number of nitrogens with zero attached hydrogens (tertiary/aromatic N) is 2. The van der Waals surface area contributed by atoms with Gasteiger partial charge in [0.2, 0.25) is 11.8 Å². The van der Waals surface area contributed by atoms with E-state index in [1.807, 2.05) is 30.3 Å². The number of amides is 2. The molecule has 3 aromatic rings. The van der Waals surface area contributed by atoms with Crippen molar-refractivity contribution in [1.82, 2.24) is 10.3 Å². The zero-order valence-corrected chi connectivity index (χ0v) is 16.7. The van der Waals surface area contributed by atoms with Crippen LogP contribution in [0.4, 0.5) is 10.1 Å². The third-order valence-corrected chi connectivity index (χ3v) is 5.01. The number of nitrogens with one attached hydrogen (secondary N) is 1. The van der Waals surface area contributed by atoms with Crippen molar-refractivity contribution in [2.75, 3.05) is 24.6 Å². The second kappa shape index (κ2) is 9.26. The Kier molecular flexibility index (Phi) is 6.08. The molecule has 156 valence electrons. The van der Waals surface area contributed by atoms with Crippen molar-refractivity contribution in [2.45, 2.75) is 6.42 Å². The Morgan fingerprint density at radius 1 is 1.16 bits per heavy atom. The Hall–Kier alpha value is -3.92. The van der Waals surface area contributed by atoms with Crippen LogP contribution in [0.1, 0.15) is 6.42 Å². The van der Waals surface area contributed by atoms with Crippen LogP contribution in [-0.2, 0) is 9.59 Å². The van der Waals surface area contributed by atoms with Crippen molar-refractivity contribution in [2.24, 2.45) is 5.92 Å². The smallest absolute Gasteiger partial charge is 0.227 e. The Balaban J connectivity index is 1.25. The first kappa shape index (κ1) is 20.4. The number of aromatic nitrogens is 1. The molecule has 31 heavy (non-hydrogen) atoms. The van der Waals surface area contributed by atoms with Crippen molar-refractivity contribution in [1.29, 1.82) is 0 Å². The van der Waals surface area contributed by atoms with Gasteiger partial charge in [-0.25, -0.2) is 4.39 Å². The molecule has 1 fully saturated rings. The monoisotopic (exact) mass is 417 g/mol. The molecule has 2 amide bonds. The number of para-hydroxylation sites is 1. The normalized spacial score (nSPS) is 15.5. The van der Waals surface area contributed by atoms with Crippen molar-refractivity contribution in [3.05, 3.63) is 66.6 Å². The Labute approximate surface area is 179 Å². The number of carbonyl (C=O) groups is 2. The first-order chi connectivity index (χ1) is 15.1.